The molecule has 0 amide bonds. The smallest absolute Gasteiger partial charge is 0.335 e. The summed E-state index contributed by atoms with van der Waals surface area (Å²) >= 11 is 5.74. The Morgan fingerprint density at radius 3 is 2.85 bits per heavy atom. The van der Waals surface area contributed by atoms with E-state index in [-0.39, 0.29) is 6.10 Å². The van der Waals surface area contributed by atoms with Gasteiger partial charge in [0.15, 0.2) is 6.10 Å². The van der Waals surface area contributed by atoms with Crippen molar-refractivity contribution in [3.8, 4) is 0 Å². The fourth-order valence-corrected chi connectivity index (χ4v) is 1.44. The van der Waals surface area contributed by atoms with Gasteiger partial charge in [-0.2, -0.15) is 0 Å². The Morgan fingerprint density at radius 2 is 2.31 bits per heavy atom. The normalized spacial score (nSPS) is 25.6. The zero-order valence-electron chi connectivity index (χ0n) is 6.61. The third kappa shape index (κ3) is 1.66. The molecule has 68 valence electrons. The van der Waals surface area contributed by atoms with E-state index in [9.17, 15) is 4.79 Å². The molecule has 1 saturated heterocycles. The number of epoxide rings is 1. The van der Waals surface area contributed by atoms with E-state index in [1.807, 2.05) is 0 Å². The maximum Gasteiger partial charge on any atom is 0.335 e. The van der Waals surface area contributed by atoms with Crippen LogP contribution in [-0.2, 0) is 9.53 Å². The minimum Gasteiger partial charge on any atom is -0.479 e. The summed E-state index contributed by atoms with van der Waals surface area (Å²) < 4.78 is 4.96. The Labute approximate surface area is 79.9 Å². The molecule has 1 aliphatic heterocycles. The molecular formula is C9H7ClO3. The summed E-state index contributed by atoms with van der Waals surface area (Å²) in [6, 6.07) is 7.04. The first kappa shape index (κ1) is 8.53. The Balaban J connectivity index is 2.16. The van der Waals surface area contributed by atoms with Crippen molar-refractivity contribution in [2.45, 2.75) is 12.2 Å². The van der Waals surface area contributed by atoms with Gasteiger partial charge in [0.1, 0.15) is 6.10 Å². The first-order valence-electron chi connectivity index (χ1n) is 3.82. The number of ether oxygens (including phenoxy) is 1. The van der Waals surface area contributed by atoms with Crippen molar-refractivity contribution in [1.82, 2.24) is 0 Å². The lowest BCUT2D eigenvalue weighted by atomic mass is 10.1. The van der Waals surface area contributed by atoms with Crippen molar-refractivity contribution in [1.29, 1.82) is 0 Å². The molecule has 1 fully saturated rings. The zero-order chi connectivity index (χ0) is 9.42. The van der Waals surface area contributed by atoms with Gasteiger partial charge in [-0.1, -0.05) is 23.7 Å². The van der Waals surface area contributed by atoms with Crippen molar-refractivity contribution in [3.63, 3.8) is 0 Å². The first-order chi connectivity index (χ1) is 6.18. The predicted octanol–water partition coefficient (Wildman–Crippen LogP) is 1.86. The number of hydrogen-bond acceptors (Lipinski definition) is 2. The summed E-state index contributed by atoms with van der Waals surface area (Å²) in [5.41, 5.74) is 0.819. The second-order valence-corrected chi connectivity index (χ2v) is 3.31. The second kappa shape index (κ2) is 3.01. The monoisotopic (exact) mass is 198 g/mol. The molecule has 2 unspecified atom stereocenters. The molecule has 1 N–H and O–H groups in total. The van der Waals surface area contributed by atoms with Crippen LogP contribution in [0.2, 0.25) is 5.02 Å². The van der Waals surface area contributed by atoms with Gasteiger partial charge < -0.3 is 9.84 Å². The summed E-state index contributed by atoms with van der Waals surface area (Å²) in [6.45, 7) is 0. The molecule has 0 radical (unpaired) electrons. The fourth-order valence-electron chi connectivity index (χ4n) is 1.24. The molecule has 0 spiro atoms. The van der Waals surface area contributed by atoms with E-state index in [1.165, 1.54) is 0 Å². The number of rotatable bonds is 2. The van der Waals surface area contributed by atoms with Crippen LogP contribution in [0.1, 0.15) is 11.7 Å². The molecule has 0 aliphatic carbocycles. The highest BCUT2D eigenvalue weighted by atomic mass is 35.5. The highest BCUT2D eigenvalue weighted by Gasteiger charge is 2.46. The lowest BCUT2D eigenvalue weighted by molar-refractivity contribution is -0.138. The highest BCUT2D eigenvalue weighted by Crippen LogP contribution is 2.39. The van der Waals surface area contributed by atoms with E-state index in [4.69, 9.17) is 21.4 Å². The van der Waals surface area contributed by atoms with E-state index >= 15 is 0 Å². The molecular weight excluding hydrogens is 192 g/mol. The van der Waals surface area contributed by atoms with Gasteiger partial charge in [0.05, 0.1) is 0 Å². The van der Waals surface area contributed by atoms with Crippen LogP contribution in [-0.4, -0.2) is 17.2 Å². The minimum atomic E-state index is -0.926. The fraction of sp³-hybridized carbons (Fsp3) is 0.222. The van der Waals surface area contributed by atoms with Crippen LogP contribution in [0.5, 0.6) is 0 Å². The van der Waals surface area contributed by atoms with E-state index in [2.05, 4.69) is 0 Å². The Morgan fingerprint density at radius 1 is 1.54 bits per heavy atom. The molecule has 0 saturated carbocycles. The van der Waals surface area contributed by atoms with Crippen LogP contribution in [0.4, 0.5) is 0 Å². The summed E-state index contributed by atoms with van der Waals surface area (Å²) in [4.78, 5) is 10.5. The van der Waals surface area contributed by atoms with Crippen molar-refractivity contribution >= 4 is 17.6 Å². The molecule has 1 aromatic rings. The summed E-state index contributed by atoms with van der Waals surface area (Å²) in [5, 5.41) is 9.19. The van der Waals surface area contributed by atoms with Gasteiger partial charge in [0.2, 0.25) is 0 Å². The molecule has 2 atom stereocenters. The van der Waals surface area contributed by atoms with Gasteiger partial charge in [-0.25, -0.2) is 4.79 Å². The predicted molar refractivity (Wildman–Crippen MR) is 46.7 cm³/mol. The maximum atomic E-state index is 10.5. The summed E-state index contributed by atoms with van der Waals surface area (Å²) in [7, 11) is 0. The third-order valence-electron chi connectivity index (χ3n) is 1.91. The molecule has 1 aliphatic rings. The largest absolute Gasteiger partial charge is 0.479 e. The van der Waals surface area contributed by atoms with E-state index < -0.39 is 12.1 Å². The first-order valence-corrected chi connectivity index (χ1v) is 4.20. The number of carbonyl (C=O) groups is 1. The van der Waals surface area contributed by atoms with E-state index in [0.29, 0.717) is 5.02 Å². The number of halogens is 1. The number of carboxylic acid groups (broad SMARTS) is 1. The van der Waals surface area contributed by atoms with Crippen molar-refractivity contribution in [3.05, 3.63) is 34.9 Å². The van der Waals surface area contributed by atoms with Gasteiger partial charge in [-0.3, -0.25) is 0 Å². The Hall–Kier alpha value is -1.06. The number of carboxylic acids is 1. The van der Waals surface area contributed by atoms with Crippen LogP contribution in [0.3, 0.4) is 0 Å². The maximum absolute atomic E-state index is 10.5. The quantitative estimate of drug-likeness (QED) is 0.738. The number of benzene rings is 1. The van der Waals surface area contributed by atoms with Crippen molar-refractivity contribution in [2.24, 2.45) is 0 Å². The van der Waals surface area contributed by atoms with Crippen LogP contribution in [0, 0.1) is 0 Å². The highest BCUT2D eigenvalue weighted by molar-refractivity contribution is 6.30. The molecule has 4 heteroatoms. The number of aliphatic carboxylic acids is 1. The van der Waals surface area contributed by atoms with Crippen LogP contribution in [0.15, 0.2) is 24.3 Å². The standard InChI is InChI=1S/C9H7ClO3/c10-6-3-1-2-5(4-6)7-8(13-7)9(11)12/h1-4,7-8H,(H,11,12). The van der Waals surface area contributed by atoms with Gasteiger partial charge in [-0.05, 0) is 17.7 Å². The number of hydrogen-bond donors (Lipinski definition) is 1. The lowest BCUT2D eigenvalue weighted by Gasteiger charge is -1.94. The zero-order valence-corrected chi connectivity index (χ0v) is 7.36. The average molecular weight is 199 g/mol. The van der Waals surface area contributed by atoms with Crippen LogP contribution in [0.25, 0.3) is 0 Å². The molecule has 0 aromatic heterocycles. The Kier molecular flexibility index (Phi) is 1.98. The molecule has 2 rings (SSSR count). The van der Waals surface area contributed by atoms with Crippen molar-refractivity contribution in [2.75, 3.05) is 0 Å². The molecule has 1 aromatic carbocycles. The minimum absolute atomic E-state index is 0.323. The SMILES string of the molecule is O=C(O)C1OC1c1cccc(Cl)c1. The second-order valence-electron chi connectivity index (χ2n) is 2.87. The summed E-state index contributed by atoms with van der Waals surface area (Å²) in [6.07, 6.45) is -1.02. The van der Waals surface area contributed by atoms with Gasteiger partial charge >= 0.3 is 5.97 Å². The van der Waals surface area contributed by atoms with Crippen molar-refractivity contribution < 1.29 is 14.6 Å². The Bertz CT molecular complexity index is 350. The molecule has 3 nitrogen and oxygen atoms in total. The topological polar surface area (TPSA) is 49.8 Å². The molecule has 1 heterocycles. The van der Waals surface area contributed by atoms with Crippen LogP contribution < -0.4 is 0 Å². The van der Waals surface area contributed by atoms with Crippen LogP contribution >= 0.6 is 11.6 Å². The van der Waals surface area contributed by atoms with Gasteiger partial charge in [-0.15, -0.1) is 0 Å². The van der Waals surface area contributed by atoms with Gasteiger partial charge in [0.25, 0.3) is 0 Å². The molecule has 0 bridgehead atoms. The molecule has 13 heavy (non-hydrogen) atoms. The third-order valence-corrected chi connectivity index (χ3v) is 2.15. The summed E-state index contributed by atoms with van der Waals surface area (Å²) in [5.74, 6) is -0.926. The lowest BCUT2D eigenvalue weighted by Crippen LogP contribution is -2.04. The van der Waals surface area contributed by atoms with E-state index in [1.54, 1.807) is 24.3 Å². The van der Waals surface area contributed by atoms with E-state index in [0.717, 1.165) is 5.56 Å². The van der Waals surface area contributed by atoms with Gasteiger partial charge in [0, 0.05) is 5.02 Å². The average Bonchev–Trinajstić information content (AvgIpc) is 2.82.